The zero-order valence-electron chi connectivity index (χ0n) is 24.3. The summed E-state index contributed by atoms with van der Waals surface area (Å²) in [6.07, 6.45) is 9.05. The fourth-order valence-electron chi connectivity index (χ4n) is 4.28. The summed E-state index contributed by atoms with van der Waals surface area (Å²) in [4.78, 5) is 25.1. The van der Waals surface area contributed by atoms with Crippen molar-refractivity contribution in [3.05, 3.63) is 88.5 Å². The molecule has 1 unspecified atom stereocenters. The van der Waals surface area contributed by atoms with Crippen LogP contribution in [0.5, 0.6) is 17.2 Å². The second kappa shape index (κ2) is 13.4. The van der Waals surface area contributed by atoms with Gasteiger partial charge in [0.2, 0.25) is 5.75 Å². The van der Waals surface area contributed by atoms with Crippen LogP contribution >= 0.6 is 7.29 Å². The summed E-state index contributed by atoms with van der Waals surface area (Å²) in [5, 5.41) is 3.64. The molecule has 2 N–H and O–H groups in total. The minimum atomic E-state index is -3.25. The van der Waals surface area contributed by atoms with Gasteiger partial charge in [-0.2, -0.15) is 0 Å². The number of ether oxygens (including phenoxy) is 2. The molecule has 2 aromatic carbocycles. The molecule has 0 amide bonds. The molecule has 1 atom stereocenters. The molecule has 3 rings (SSSR count). The Morgan fingerprint density at radius 2 is 1.80 bits per heavy atom. The number of para-hydroxylation sites is 2. The normalized spacial score (nSPS) is 13.9. The Bertz CT molecular complexity index is 1500. The average Bonchev–Trinajstić information content (AvgIpc) is 2.93. The Kier molecular flexibility index (Phi) is 10.3. The maximum Gasteiger partial charge on any atom is 0.296 e. The van der Waals surface area contributed by atoms with Gasteiger partial charge in [0.1, 0.15) is 5.70 Å². The van der Waals surface area contributed by atoms with E-state index in [1.54, 1.807) is 56.2 Å². The van der Waals surface area contributed by atoms with Crippen molar-refractivity contribution in [2.75, 3.05) is 18.9 Å². The fourth-order valence-corrected chi connectivity index (χ4v) is 5.68. The van der Waals surface area contributed by atoms with Crippen LogP contribution in [0.4, 0.5) is 5.82 Å². The van der Waals surface area contributed by atoms with Crippen molar-refractivity contribution >= 4 is 30.3 Å². The molecular weight excluding hydrogens is 523 g/mol. The van der Waals surface area contributed by atoms with E-state index in [2.05, 4.69) is 40.8 Å². The number of aromatic nitrogens is 2. The predicted molar refractivity (Wildman–Crippen MR) is 166 cm³/mol. The molecule has 0 radical (unpaired) electrons. The molecule has 212 valence electrons. The van der Waals surface area contributed by atoms with Gasteiger partial charge in [0.15, 0.2) is 30.4 Å². The Morgan fingerprint density at radius 1 is 1.12 bits per heavy atom. The Balaban J connectivity index is 2.10. The van der Waals surface area contributed by atoms with Crippen molar-refractivity contribution in [2.24, 2.45) is 4.99 Å². The van der Waals surface area contributed by atoms with E-state index in [1.165, 1.54) is 12.7 Å². The molecule has 1 heterocycles. The third-order valence-electron chi connectivity index (χ3n) is 6.50. The molecule has 0 aliphatic heterocycles. The largest absolute Gasteiger partial charge is 0.493 e. The van der Waals surface area contributed by atoms with E-state index in [9.17, 15) is 9.36 Å². The van der Waals surface area contributed by atoms with Crippen LogP contribution < -0.4 is 25.4 Å². The molecule has 3 aromatic rings. The first-order chi connectivity index (χ1) is 19.1. The average molecular weight is 563 g/mol. The van der Waals surface area contributed by atoms with Gasteiger partial charge < -0.3 is 19.5 Å². The molecule has 0 fully saturated rings. The monoisotopic (exact) mass is 562 g/mol. The number of hydrogen-bond acceptors (Lipinski definition) is 6. The molecule has 0 spiro atoms. The van der Waals surface area contributed by atoms with Gasteiger partial charge >= 0.3 is 0 Å². The van der Waals surface area contributed by atoms with Gasteiger partial charge in [-0.15, -0.1) is 0 Å². The molecule has 0 aliphatic rings. The molecular formula is C31H39N4O4P. The number of nitrogens with one attached hydrogen (secondary N) is 2. The molecule has 8 nitrogen and oxygen atoms in total. The van der Waals surface area contributed by atoms with Gasteiger partial charge in [-0.1, -0.05) is 63.6 Å². The van der Waals surface area contributed by atoms with Gasteiger partial charge in [-0.05, 0) is 61.6 Å². The summed E-state index contributed by atoms with van der Waals surface area (Å²) in [6.45, 7) is 11.9. The highest BCUT2D eigenvalue weighted by Gasteiger charge is 2.26. The van der Waals surface area contributed by atoms with Crippen LogP contribution in [0.25, 0.3) is 5.70 Å². The van der Waals surface area contributed by atoms with Gasteiger partial charge in [-0.25, -0.2) is 4.98 Å². The summed E-state index contributed by atoms with van der Waals surface area (Å²) in [6, 6.07) is 14.7. The Hall–Kier alpha value is -3.90. The lowest BCUT2D eigenvalue weighted by atomic mass is 9.81. The molecule has 0 aliphatic carbocycles. The van der Waals surface area contributed by atoms with Crippen molar-refractivity contribution in [1.29, 1.82) is 0 Å². The van der Waals surface area contributed by atoms with Gasteiger partial charge in [-0.3, -0.25) is 14.4 Å². The number of aromatic amines is 1. The van der Waals surface area contributed by atoms with Gasteiger partial charge in [0.25, 0.3) is 5.56 Å². The van der Waals surface area contributed by atoms with E-state index in [4.69, 9.17) is 9.47 Å². The lowest BCUT2D eigenvalue weighted by molar-refractivity contribution is 0.377. The van der Waals surface area contributed by atoms with Crippen LogP contribution in [-0.4, -0.2) is 30.0 Å². The Labute approximate surface area is 236 Å². The van der Waals surface area contributed by atoms with Crippen LogP contribution in [0.1, 0.15) is 58.8 Å². The van der Waals surface area contributed by atoms with Gasteiger partial charge in [0.05, 0.1) is 7.11 Å². The number of H-pyrrole nitrogens is 1. The second-order valence-corrected chi connectivity index (χ2v) is 12.6. The third kappa shape index (κ3) is 7.39. The fraction of sp³-hybridized carbons (Fsp3) is 0.323. The number of anilines is 1. The van der Waals surface area contributed by atoms with Gasteiger partial charge in [0, 0.05) is 18.2 Å². The highest BCUT2D eigenvalue weighted by molar-refractivity contribution is 7.72. The molecule has 40 heavy (non-hydrogen) atoms. The lowest BCUT2D eigenvalue weighted by Crippen LogP contribution is -2.20. The smallest absolute Gasteiger partial charge is 0.296 e. The second-order valence-electron chi connectivity index (χ2n) is 10.0. The van der Waals surface area contributed by atoms with Crippen molar-refractivity contribution in [2.45, 2.75) is 52.9 Å². The van der Waals surface area contributed by atoms with Crippen molar-refractivity contribution in [3.63, 3.8) is 0 Å². The van der Waals surface area contributed by atoms with Crippen LogP contribution in [0, 0.1) is 0 Å². The van der Waals surface area contributed by atoms with Crippen molar-refractivity contribution in [1.82, 2.24) is 9.97 Å². The number of methoxy groups -OCH3 is 1. The van der Waals surface area contributed by atoms with Crippen LogP contribution in [-0.2, 0) is 9.98 Å². The van der Waals surface area contributed by atoms with Crippen molar-refractivity contribution in [3.8, 4) is 17.2 Å². The van der Waals surface area contributed by atoms with E-state index in [0.717, 1.165) is 12.8 Å². The number of benzene rings is 2. The summed E-state index contributed by atoms with van der Waals surface area (Å²) in [5.41, 5.74) is 1.06. The SMILES string of the molecule is C\C=C/C=N/C(=C\C)c1nc(NP(C)(=O)c2ccc(C(C)(C)CCC)cc2)c(Oc2ccccc2OC)c(=O)[nH]1. The molecule has 0 saturated carbocycles. The van der Waals surface area contributed by atoms with E-state index in [-0.39, 0.29) is 22.8 Å². The Morgan fingerprint density at radius 3 is 2.40 bits per heavy atom. The molecule has 1 aromatic heterocycles. The number of nitrogens with zero attached hydrogens (tertiary/aromatic N) is 2. The number of hydrogen-bond donors (Lipinski definition) is 2. The third-order valence-corrected chi connectivity index (χ3v) is 8.42. The van der Waals surface area contributed by atoms with E-state index in [0.29, 0.717) is 22.5 Å². The maximum absolute atomic E-state index is 14.1. The molecule has 9 heteroatoms. The summed E-state index contributed by atoms with van der Waals surface area (Å²) >= 11 is 0. The first kappa shape index (κ1) is 30.6. The zero-order valence-corrected chi connectivity index (χ0v) is 25.2. The highest BCUT2D eigenvalue weighted by Crippen LogP contribution is 2.43. The lowest BCUT2D eigenvalue weighted by Gasteiger charge is -2.25. The maximum atomic E-state index is 14.1. The van der Waals surface area contributed by atoms with Crippen molar-refractivity contribution < 1.29 is 14.0 Å². The molecule has 0 bridgehead atoms. The van der Waals surface area contributed by atoms with Crippen LogP contribution in [0.3, 0.4) is 0 Å². The number of aliphatic imine (C=N–C) groups is 1. The summed E-state index contributed by atoms with van der Waals surface area (Å²) in [5.74, 6) is 0.862. The first-order valence-corrected chi connectivity index (χ1v) is 15.5. The first-order valence-electron chi connectivity index (χ1n) is 13.3. The highest BCUT2D eigenvalue weighted by atomic mass is 31.2. The van der Waals surface area contributed by atoms with E-state index < -0.39 is 12.9 Å². The van der Waals surface area contributed by atoms with Crippen LogP contribution in [0.15, 0.2) is 76.5 Å². The quantitative estimate of drug-likeness (QED) is 0.177. The summed E-state index contributed by atoms with van der Waals surface area (Å²) < 4.78 is 25.5. The minimum Gasteiger partial charge on any atom is -0.493 e. The number of allylic oxidation sites excluding steroid dienone is 3. The van der Waals surface area contributed by atoms with E-state index in [1.807, 2.05) is 37.3 Å². The van der Waals surface area contributed by atoms with E-state index >= 15 is 0 Å². The summed E-state index contributed by atoms with van der Waals surface area (Å²) in [7, 11) is -1.74. The minimum absolute atomic E-state index is 0.00768. The molecule has 0 saturated heterocycles. The standard InChI is InChI=1S/C31H39N4O4P/c1-8-11-21-32-24(10-3)28-33-29(27(30(36)34-28)39-26-15-13-12-14-25(26)38-6)35-40(7,37)23-18-16-22(17-19-23)31(4,5)20-9-2/h8,10-19,21H,9,20H2,1-7H3,(H2,33,34,35,36,37)/b11-8-,24-10-,32-21+. The van der Waals surface area contributed by atoms with Crippen LogP contribution in [0.2, 0.25) is 0 Å². The predicted octanol–water partition coefficient (Wildman–Crippen LogP) is 7.30. The zero-order chi connectivity index (χ0) is 29.3. The topological polar surface area (TPSA) is 106 Å². The number of rotatable bonds is 12.